The molecule has 0 radical (unpaired) electrons. The fourth-order valence-corrected chi connectivity index (χ4v) is 4.80. The maximum absolute atomic E-state index is 13.5. The standard InChI is InChI=1S/C24H16BrCl3N4O3S/c25-14-3-1-13(2-4-14)22(34)30-32-20(12-21(33)29-18-10-16(27)9-17(28)11-18)23(35)31(24(32)36)19-7-5-15(26)6-8-19/h1-11,20H,12H2,(H,29,33)(H,30,34). The molecule has 0 aromatic heterocycles. The summed E-state index contributed by atoms with van der Waals surface area (Å²) in [6.07, 6.45) is -0.312. The molecule has 1 heterocycles. The number of hydrazine groups is 1. The van der Waals surface area contributed by atoms with E-state index in [0.717, 1.165) is 4.47 Å². The minimum Gasteiger partial charge on any atom is -0.326 e. The number of hydrogen-bond donors (Lipinski definition) is 2. The van der Waals surface area contributed by atoms with Crippen LogP contribution >= 0.6 is 63.0 Å². The summed E-state index contributed by atoms with van der Waals surface area (Å²) in [6, 6.07) is 16.6. The van der Waals surface area contributed by atoms with Crippen LogP contribution in [-0.4, -0.2) is 33.9 Å². The summed E-state index contributed by atoms with van der Waals surface area (Å²) >= 11 is 26.9. The number of hydrogen-bond acceptors (Lipinski definition) is 4. The number of thiocarbonyl (C=S) groups is 1. The second-order valence-electron chi connectivity index (χ2n) is 7.68. The first-order chi connectivity index (χ1) is 17.1. The van der Waals surface area contributed by atoms with Gasteiger partial charge < -0.3 is 5.32 Å². The summed E-state index contributed by atoms with van der Waals surface area (Å²) in [7, 11) is 0. The van der Waals surface area contributed by atoms with E-state index in [1.54, 1.807) is 48.5 Å². The van der Waals surface area contributed by atoms with Gasteiger partial charge in [0, 0.05) is 30.8 Å². The summed E-state index contributed by atoms with van der Waals surface area (Å²) in [5, 5.41) is 5.07. The second kappa shape index (κ2) is 11.1. The average Bonchev–Trinajstić information content (AvgIpc) is 3.03. The molecule has 0 aliphatic carbocycles. The Kier molecular flexibility index (Phi) is 8.17. The largest absolute Gasteiger partial charge is 0.326 e. The third kappa shape index (κ3) is 5.99. The van der Waals surface area contributed by atoms with Crippen molar-refractivity contribution in [3.63, 3.8) is 0 Å². The first kappa shape index (κ1) is 26.4. The number of nitrogens with zero attached hydrogens (tertiary/aromatic N) is 2. The zero-order valence-corrected chi connectivity index (χ0v) is 22.8. The molecule has 4 rings (SSSR count). The molecule has 1 atom stereocenters. The smallest absolute Gasteiger partial charge is 0.269 e. The van der Waals surface area contributed by atoms with Gasteiger partial charge in [0.1, 0.15) is 6.04 Å². The number of halogens is 4. The highest BCUT2D eigenvalue weighted by Crippen LogP contribution is 2.28. The highest BCUT2D eigenvalue weighted by Gasteiger charge is 2.45. The Morgan fingerprint density at radius 2 is 1.53 bits per heavy atom. The van der Waals surface area contributed by atoms with Crippen molar-refractivity contribution in [3.05, 3.63) is 91.8 Å². The van der Waals surface area contributed by atoms with Crippen LogP contribution in [0.2, 0.25) is 15.1 Å². The lowest BCUT2D eigenvalue weighted by Crippen LogP contribution is -2.49. The summed E-state index contributed by atoms with van der Waals surface area (Å²) < 4.78 is 0.801. The van der Waals surface area contributed by atoms with Crippen LogP contribution < -0.4 is 15.6 Å². The number of rotatable bonds is 6. The molecule has 3 amide bonds. The molecule has 0 bridgehead atoms. The molecule has 2 N–H and O–H groups in total. The summed E-state index contributed by atoms with van der Waals surface area (Å²) in [5.41, 5.74) is 3.83. The summed E-state index contributed by atoms with van der Waals surface area (Å²) in [6.45, 7) is 0. The van der Waals surface area contributed by atoms with Gasteiger partial charge in [0.2, 0.25) is 11.0 Å². The molecule has 1 saturated heterocycles. The van der Waals surface area contributed by atoms with E-state index >= 15 is 0 Å². The van der Waals surface area contributed by atoms with Crippen LogP contribution in [0.25, 0.3) is 0 Å². The quantitative estimate of drug-likeness (QED) is 0.324. The Labute approximate surface area is 235 Å². The van der Waals surface area contributed by atoms with Gasteiger partial charge in [0.25, 0.3) is 11.8 Å². The number of anilines is 2. The van der Waals surface area contributed by atoms with E-state index in [4.69, 9.17) is 47.0 Å². The zero-order chi connectivity index (χ0) is 26.0. The Hall–Kier alpha value is -2.69. The van der Waals surface area contributed by atoms with E-state index in [1.165, 1.54) is 28.1 Å². The van der Waals surface area contributed by atoms with Gasteiger partial charge in [-0.05, 0) is 78.9 Å². The minimum atomic E-state index is -1.11. The molecule has 3 aromatic carbocycles. The number of carbonyl (C=O) groups is 3. The van der Waals surface area contributed by atoms with E-state index in [2.05, 4.69) is 26.7 Å². The third-order valence-electron chi connectivity index (χ3n) is 5.15. The number of benzene rings is 3. The van der Waals surface area contributed by atoms with Crippen molar-refractivity contribution in [2.45, 2.75) is 12.5 Å². The molecule has 1 unspecified atom stereocenters. The Bertz CT molecular complexity index is 1340. The molecule has 3 aromatic rings. The van der Waals surface area contributed by atoms with Crippen LogP contribution in [-0.2, 0) is 9.59 Å². The molecular weight excluding hydrogens is 611 g/mol. The van der Waals surface area contributed by atoms with Crippen LogP contribution in [0.4, 0.5) is 11.4 Å². The van der Waals surface area contributed by atoms with E-state index < -0.39 is 23.8 Å². The van der Waals surface area contributed by atoms with Gasteiger partial charge in [-0.25, -0.2) is 5.01 Å². The summed E-state index contributed by atoms with van der Waals surface area (Å²) in [5.74, 6) is -1.49. The number of amides is 3. The van der Waals surface area contributed by atoms with Crippen LogP contribution in [0.15, 0.2) is 71.2 Å². The number of carbonyl (C=O) groups excluding carboxylic acids is 3. The van der Waals surface area contributed by atoms with Crippen LogP contribution in [0.5, 0.6) is 0 Å². The molecule has 1 aliphatic heterocycles. The fraction of sp³-hybridized carbons (Fsp3) is 0.0833. The van der Waals surface area contributed by atoms with E-state index in [9.17, 15) is 14.4 Å². The van der Waals surface area contributed by atoms with Gasteiger partial charge in [-0.15, -0.1) is 0 Å². The minimum absolute atomic E-state index is 0.0105. The van der Waals surface area contributed by atoms with Gasteiger partial charge in [-0.2, -0.15) is 0 Å². The topological polar surface area (TPSA) is 81.8 Å². The van der Waals surface area contributed by atoms with Gasteiger partial charge in [-0.3, -0.25) is 24.7 Å². The first-order valence-electron chi connectivity index (χ1n) is 10.4. The predicted octanol–water partition coefficient (Wildman–Crippen LogP) is 6.09. The van der Waals surface area contributed by atoms with Crippen molar-refractivity contribution >= 4 is 97.2 Å². The average molecular weight is 627 g/mol. The van der Waals surface area contributed by atoms with Crippen molar-refractivity contribution in [2.24, 2.45) is 0 Å². The van der Waals surface area contributed by atoms with Crippen LogP contribution in [0.1, 0.15) is 16.8 Å². The highest BCUT2D eigenvalue weighted by molar-refractivity contribution is 9.10. The van der Waals surface area contributed by atoms with Crippen LogP contribution in [0.3, 0.4) is 0 Å². The molecule has 0 saturated carbocycles. The molecule has 36 heavy (non-hydrogen) atoms. The first-order valence-corrected chi connectivity index (χ1v) is 12.7. The van der Waals surface area contributed by atoms with Crippen molar-refractivity contribution in [1.82, 2.24) is 10.4 Å². The number of nitrogens with one attached hydrogen (secondary N) is 2. The summed E-state index contributed by atoms with van der Waals surface area (Å²) in [4.78, 5) is 40.5. The second-order valence-corrected chi connectivity index (χ2v) is 10.3. The van der Waals surface area contributed by atoms with Crippen molar-refractivity contribution in [1.29, 1.82) is 0 Å². The molecule has 184 valence electrons. The Balaban J connectivity index is 1.60. The van der Waals surface area contributed by atoms with Crippen molar-refractivity contribution < 1.29 is 14.4 Å². The van der Waals surface area contributed by atoms with E-state index in [1.807, 2.05) is 0 Å². The molecule has 12 heteroatoms. The normalized spacial score (nSPS) is 15.3. The molecular formula is C24H16BrCl3N4O3S. The predicted molar refractivity (Wildman–Crippen MR) is 148 cm³/mol. The highest BCUT2D eigenvalue weighted by atomic mass is 79.9. The Morgan fingerprint density at radius 3 is 2.14 bits per heavy atom. The van der Waals surface area contributed by atoms with Crippen molar-refractivity contribution in [2.75, 3.05) is 10.2 Å². The zero-order valence-electron chi connectivity index (χ0n) is 18.2. The maximum atomic E-state index is 13.5. The van der Waals surface area contributed by atoms with Crippen LogP contribution in [0, 0.1) is 0 Å². The van der Waals surface area contributed by atoms with E-state index in [-0.39, 0.29) is 11.5 Å². The maximum Gasteiger partial charge on any atom is 0.269 e. The lowest BCUT2D eigenvalue weighted by Gasteiger charge is -2.24. The molecule has 1 aliphatic rings. The fourth-order valence-electron chi connectivity index (χ4n) is 3.52. The van der Waals surface area contributed by atoms with Gasteiger partial charge in [0.15, 0.2) is 0 Å². The molecule has 7 nitrogen and oxygen atoms in total. The Morgan fingerprint density at radius 1 is 0.917 bits per heavy atom. The van der Waals surface area contributed by atoms with Crippen molar-refractivity contribution in [3.8, 4) is 0 Å². The monoisotopic (exact) mass is 624 g/mol. The lowest BCUT2D eigenvalue weighted by molar-refractivity contribution is -0.124. The SMILES string of the molecule is O=C(CC1C(=O)N(c2ccc(Cl)cc2)C(=S)N1NC(=O)c1ccc(Br)cc1)Nc1cc(Cl)cc(Cl)c1. The lowest BCUT2D eigenvalue weighted by atomic mass is 10.1. The van der Waals surface area contributed by atoms with Gasteiger partial charge in [-0.1, -0.05) is 50.7 Å². The van der Waals surface area contributed by atoms with Gasteiger partial charge in [0.05, 0.1) is 12.1 Å². The molecule has 0 spiro atoms. The van der Waals surface area contributed by atoms with E-state index in [0.29, 0.717) is 32.0 Å². The molecule has 1 fully saturated rings. The third-order valence-corrected chi connectivity index (χ3v) is 6.75. The van der Waals surface area contributed by atoms with Gasteiger partial charge >= 0.3 is 0 Å².